The van der Waals surface area contributed by atoms with Gasteiger partial charge in [0.2, 0.25) is 5.91 Å². The van der Waals surface area contributed by atoms with Crippen molar-refractivity contribution in [2.45, 2.75) is 58.9 Å². The number of hydrogen-bond acceptors (Lipinski definition) is 5. The van der Waals surface area contributed by atoms with Crippen molar-refractivity contribution in [1.82, 2.24) is 20.0 Å². The predicted molar refractivity (Wildman–Crippen MR) is 92.3 cm³/mol. The number of aryl methyl sites for hydroxylation is 2. The first-order valence-electron chi connectivity index (χ1n) is 8.69. The molecule has 7 nitrogen and oxygen atoms in total. The van der Waals surface area contributed by atoms with Gasteiger partial charge in [-0.2, -0.15) is 0 Å². The zero-order chi connectivity index (χ0) is 18.1. The minimum atomic E-state index is -0.238. The van der Waals surface area contributed by atoms with Crippen molar-refractivity contribution in [2.75, 3.05) is 6.54 Å². The van der Waals surface area contributed by atoms with Crippen molar-refractivity contribution in [3.05, 3.63) is 45.0 Å². The van der Waals surface area contributed by atoms with Gasteiger partial charge >= 0.3 is 0 Å². The summed E-state index contributed by atoms with van der Waals surface area (Å²) in [5.41, 5.74) is 1.60. The largest absolute Gasteiger partial charge is 0.361 e. The number of rotatable bonds is 4. The van der Waals surface area contributed by atoms with E-state index in [1.807, 2.05) is 19.9 Å². The van der Waals surface area contributed by atoms with Crippen LogP contribution in [0.25, 0.3) is 0 Å². The fraction of sp³-hybridized carbons (Fsp3) is 0.556. The van der Waals surface area contributed by atoms with Gasteiger partial charge in [0.25, 0.3) is 5.56 Å². The van der Waals surface area contributed by atoms with Crippen LogP contribution in [-0.2, 0) is 11.2 Å². The molecule has 2 aromatic rings. The molecule has 25 heavy (non-hydrogen) atoms. The summed E-state index contributed by atoms with van der Waals surface area (Å²) in [4.78, 5) is 33.7. The highest BCUT2D eigenvalue weighted by Crippen LogP contribution is 2.33. The van der Waals surface area contributed by atoms with Crippen molar-refractivity contribution in [3.8, 4) is 0 Å². The second-order valence-electron chi connectivity index (χ2n) is 6.95. The van der Waals surface area contributed by atoms with Crippen LogP contribution in [0.15, 0.2) is 15.4 Å². The van der Waals surface area contributed by atoms with Gasteiger partial charge in [0.05, 0.1) is 12.5 Å². The molecule has 7 heteroatoms. The molecule has 0 bridgehead atoms. The number of nitrogens with zero attached hydrogens (tertiary/aromatic N) is 3. The summed E-state index contributed by atoms with van der Waals surface area (Å²) >= 11 is 0. The van der Waals surface area contributed by atoms with Gasteiger partial charge in [-0.25, -0.2) is 4.98 Å². The summed E-state index contributed by atoms with van der Waals surface area (Å²) in [6.45, 7) is 8.25. The number of carbonyl (C=O) groups excluding carboxylic acids is 1. The Morgan fingerprint density at radius 1 is 1.44 bits per heavy atom. The molecule has 1 aliphatic rings. The van der Waals surface area contributed by atoms with E-state index in [1.165, 1.54) is 0 Å². The third-order valence-corrected chi connectivity index (χ3v) is 4.70. The Bertz CT molecular complexity index is 837. The number of amides is 1. The van der Waals surface area contributed by atoms with Crippen molar-refractivity contribution in [2.24, 2.45) is 0 Å². The van der Waals surface area contributed by atoms with Gasteiger partial charge in [-0.05, 0) is 26.7 Å². The molecule has 0 aliphatic carbocycles. The van der Waals surface area contributed by atoms with Gasteiger partial charge in [-0.1, -0.05) is 19.0 Å². The molecule has 134 valence electrons. The van der Waals surface area contributed by atoms with Crippen molar-refractivity contribution in [1.29, 1.82) is 0 Å². The van der Waals surface area contributed by atoms with Gasteiger partial charge in [-0.15, -0.1) is 0 Å². The summed E-state index contributed by atoms with van der Waals surface area (Å²) in [5, 5.41) is 4.16. The zero-order valence-electron chi connectivity index (χ0n) is 15.1. The number of likely N-dealkylation sites (tertiary alicyclic amines) is 1. The van der Waals surface area contributed by atoms with Crippen LogP contribution in [0.1, 0.15) is 67.2 Å². The normalized spacial score (nSPS) is 17.5. The number of H-pyrrole nitrogens is 1. The summed E-state index contributed by atoms with van der Waals surface area (Å²) in [6, 6.07) is 1.86. The van der Waals surface area contributed by atoms with Crippen molar-refractivity contribution in [3.63, 3.8) is 0 Å². The van der Waals surface area contributed by atoms with E-state index >= 15 is 0 Å². The number of aromatic nitrogens is 3. The van der Waals surface area contributed by atoms with Crippen LogP contribution in [0.3, 0.4) is 0 Å². The maximum absolute atomic E-state index is 12.8. The van der Waals surface area contributed by atoms with Crippen molar-refractivity contribution >= 4 is 5.91 Å². The predicted octanol–water partition coefficient (Wildman–Crippen LogP) is 2.40. The molecule has 1 atom stereocenters. The van der Waals surface area contributed by atoms with Gasteiger partial charge in [0, 0.05) is 29.8 Å². The minimum Gasteiger partial charge on any atom is -0.361 e. The van der Waals surface area contributed by atoms with Crippen LogP contribution < -0.4 is 5.56 Å². The van der Waals surface area contributed by atoms with Crippen LogP contribution in [0.5, 0.6) is 0 Å². The molecular weight excluding hydrogens is 320 g/mol. The number of nitrogens with one attached hydrogen (secondary N) is 1. The Kier molecular flexibility index (Phi) is 4.74. The lowest BCUT2D eigenvalue weighted by Crippen LogP contribution is -2.34. The molecule has 1 saturated heterocycles. The molecule has 0 spiro atoms. The van der Waals surface area contributed by atoms with Gasteiger partial charge in [0.15, 0.2) is 0 Å². The third kappa shape index (κ3) is 3.50. The number of hydrogen-bond donors (Lipinski definition) is 1. The molecule has 3 rings (SSSR count). The molecule has 2 aromatic heterocycles. The molecule has 0 saturated carbocycles. The Hall–Kier alpha value is -2.44. The van der Waals surface area contributed by atoms with E-state index < -0.39 is 0 Å². The first-order valence-corrected chi connectivity index (χ1v) is 8.69. The molecule has 1 aliphatic heterocycles. The van der Waals surface area contributed by atoms with Crippen LogP contribution >= 0.6 is 0 Å². The van der Waals surface area contributed by atoms with E-state index in [9.17, 15) is 9.59 Å². The molecule has 3 heterocycles. The maximum Gasteiger partial charge on any atom is 0.254 e. The second-order valence-corrected chi connectivity index (χ2v) is 6.95. The molecular formula is C18H24N4O3. The average Bonchev–Trinajstić information content (AvgIpc) is 3.18. The Morgan fingerprint density at radius 3 is 2.84 bits per heavy atom. The molecule has 1 fully saturated rings. The third-order valence-electron chi connectivity index (χ3n) is 4.70. The maximum atomic E-state index is 12.8. The quantitative estimate of drug-likeness (QED) is 0.919. The first-order chi connectivity index (χ1) is 11.9. The fourth-order valence-electron chi connectivity index (χ4n) is 3.32. The summed E-state index contributed by atoms with van der Waals surface area (Å²) in [7, 11) is 0. The van der Waals surface area contributed by atoms with Gasteiger partial charge < -0.3 is 14.4 Å². The van der Waals surface area contributed by atoms with E-state index in [1.54, 1.807) is 18.7 Å². The van der Waals surface area contributed by atoms with Crippen LogP contribution in [0.4, 0.5) is 0 Å². The zero-order valence-corrected chi connectivity index (χ0v) is 15.1. The lowest BCUT2D eigenvalue weighted by Gasteiger charge is -2.23. The lowest BCUT2D eigenvalue weighted by molar-refractivity contribution is -0.131. The van der Waals surface area contributed by atoms with Crippen LogP contribution in [-0.4, -0.2) is 32.5 Å². The number of carbonyl (C=O) groups is 1. The van der Waals surface area contributed by atoms with Crippen LogP contribution in [0.2, 0.25) is 0 Å². The van der Waals surface area contributed by atoms with E-state index in [4.69, 9.17) is 4.52 Å². The molecule has 0 radical (unpaired) electrons. The van der Waals surface area contributed by atoms with E-state index in [-0.39, 0.29) is 29.8 Å². The Balaban J connectivity index is 1.80. The smallest absolute Gasteiger partial charge is 0.254 e. The van der Waals surface area contributed by atoms with Crippen molar-refractivity contribution < 1.29 is 9.32 Å². The number of aromatic amines is 1. The Morgan fingerprint density at radius 2 is 2.20 bits per heavy atom. The van der Waals surface area contributed by atoms with E-state index in [0.29, 0.717) is 23.6 Å². The molecule has 0 aromatic carbocycles. The topological polar surface area (TPSA) is 92.1 Å². The standard InChI is InChI=1S/C18H24N4O3/c1-10(2)16-9-14(21-25-16)15-6-5-7-22(15)17(23)8-13-11(3)19-12(4)20-18(13)24/h9-10,15H,5-8H2,1-4H3,(H,19,20,24). The minimum absolute atomic E-state index is 0.0554. The molecule has 1 unspecified atom stereocenters. The molecule has 1 amide bonds. The van der Waals surface area contributed by atoms with E-state index in [0.717, 1.165) is 24.3 Å². The Labute approximate surface area is 146 Å². The monoisotopic (exact) mass is 344 g/mol. The summed E-state index contributed by atoms with van der Waals surface area (Å²) in [6.07, 6.45) is 1.83. The second kappa shape index (κ2) is 6.82. The highest BCUT2D eigenvalue weighted by atomic mass is 16.5. The summed E-state index contributed by atoms with van der Waals surface area (Å²) in [5.74, 6) is 1.56. The van der Waals surface area contributed by atoms with Gasteiger partial charge in [0.1, 0.15) is 17.3 Å². The highest BCUT2D eigenvalue weighted by molar-refractivity contribution is 5.79. The van der Waals surface area contributed by atoms with Gasteiger partial charge in [-0.3, -0.25) is 9.59 Å². The first kappa shape index (κ1) is 17.4. The van der Waals surface area contributed by atoms with E-state index in [2.05, 4.69) is 15.1 Å². The molecule has 1 N–H and O–H groups in total. The average molecular weight is 344 g/mol. The highest BCUT2D eigenvalue weighted by Gasteiger charge is 2.33. The summed E-state index contributed by atoms with van der Waals surface area (Å²) < 4.78 is 5.38. The SMILES string of the molecule is Cc1nc(C)c(CC(=O)N2CCCC2c2cc(C(C)C)on2)c(=O)[nH]1. The van der Waals surface area contributed by atoms with Crippen LogP contribution in [0, 0.1) is 13.8 Å². The lowest BCUT2D eigenvalue weighted by atomic mass is 10.1. The fourth-order valence-corrected chi connectivity index (χ4v) is 3.32.